The van der Waals surface area contributed by atoms with Gasteiger partial charge in [0.2, 0.25) is 5.91 Å². The van der Waals surface area contributed by atoms with E-state index in [1.807, 2.05) is 0 Å². The van der Waals surface area contributed by atoms with Crippen molar-refractivity contribution >= 4 is 24.0 Å². The number of rotatable bonds is 2. The molecule has 2 unspecified atom stereocenters. The van der Waals surface area contributed by atoms with Gasteiger partial charge >= 0.3 is 0 Å². The Balaban J connectivity index is 0.00000144. The number of hydrogen-bond donors (Lipinski definition) is 3. The zero-order valence-corrected chi connectivity index (χ0v) is 9.84. The maximum Gasteiger partial charge on any atom is 0.241 e. The molecule has 0 spiro atoms. The maximum atomic E-state index is 12.8. The molecule has 17 heavy (non-hydrogen) atoms. The third-order valence-electron chi connectivity index (χ3n) is 2.52. The van der Waals surface area contributed by atoms with Crippen molar-refractivity contribution in [1.29, 1.82) is 0 Å². The molecule has 0 aromatic heterocycles. The van der Waals surface area contributed by atoms with Gasteiger partial charge in [-0.1, -0.05) is 6.07 Å². The van der Waals surface area contributed by atoms with Crippen LogP contribution in [0.15, 0.2) is 24.3 Å². The van der Waals surface area contributed by atoms with Gasteiger partial charge in [-0.2, -0.15) is 0 Å². The fraction of sp³-hybridized carbons (Fsp3) is 0.364. The molecule has 0 saturated carbocycles. The average molecular weight is 261 g/mol. The first-order chi connectivity index (χ1) is 7.65. The van der Waals surface area contributed by atoms with Crippen LogP contribution in [0.1, 0.15) is 6.42 Å². The number of hydrogen-bond acceptors (Lipinski definition) is 3. The highest BCUT2D eigenvalue weighted by Crippen LogP contribution is 2.12. The summed E-state index contributed by atoms with van der Waals surface area (Å²) in [6.45, 7) is 0.418. The van der Waals surface area contributed by atoms with Crippen molar-refractivity contribution in [3.8, 4) is 0 Å². The number of amides is 1. The van der Waals surface area contributed by atoms with Crippen molar-refractivity contribution in [2.45, 2.75) is 18.6 Å². The summed E-state index contributed by atoms with van der Waals surface area (Å²) in [6, 6.07) is 5.31. The average Bonchev–Trinajstić information content (AvgIpc) is 2.65. The van der Waals surface area contributed by atoms with Crippen LogP contribution in [0, 0.1) is 5.82 Å². The van der Waals surface area contributed by atoms with Gasteiger partial charge in [-0.25, -0.2) is 4.39 Å². The molecule has 1 aliphatic heterocycles. The van der Waals surface area contributed by atoms with E-state index in [0.717, 1.165) is 0 Å². The monoisotopic (exact) mass is 260 g/mol. The van der Waals surface area contributed by atoms with E-state index in [1.165, 1.54) is 18.2 Å². The number of aliphatic hydroxyl groups excluding tert-OH is 1. The van der Waals surface area contributed by atoms with E-state index in [4.69, 9.17) is 0 Å². The zero-order chi connectivity index (χ0) is 11.5. The normalized spacial score (nSPS) is 22.9. The predicted octanol–water partition coefficient (Wildman–Crippen LogP) is 0.909. The van der Waals surface area contributed by atoms with Crippen molar-refractivity contribution < 1.29 is 14.3 Å². The second-order valence-corrected chi connectivity index (χ2v) is 3.85. The minimum atomic E-state index is -0.483. The van der Waals surface area contributed by atoms with Crippen LogP contribution in [0.2, 0.25) is 0 Å². The van der Waals surface area contributed by atoms with Crippen molar-refractivity contribution in [3.05, 3.63) is 30.1 Å². The lowest BCUT2D eigenvalue weighted by molar-refractivity contribution is -0.117. The Morgan fingerprint density at radius 2 is 2.29 bits per heavy atom. The molecule has 0 aliphatic carbocycles. The van der Waals surface area contributed by atoms with Gasteiger partial charge in [0.15, 0.2) is 0 Å². The molecule has 1 amide bonds. The van der Waals surface area contributed by atoms with Crippen molar-refractivity contribution in [1.82, 2.24) is 5.32 Å². The molecule has 2 rings (SSSR count). The van der Waals surface area contributed by atoms with Gasteiger partial charge in [-0.15, -0.1) is 12.4 Å². The molecule has 0 radical (unpaired) electrons. The topological polar surface area (TPSA) is 61.4 Å². The minimum Gasteiger partial charge on any atom is -0.392 e. The quantitative estimate of drug-likeness (QED) is 0.741. The van der Waals surface area contributed by atoms with Crippen LogP contribution in [0.3, 0.4) is 0 Å². The second kappa shape index (κ2) is 5.95. The van der Waals surface area contributed by atoms with E-state index >= 15 is 0 Å². The molecule has 1 fully saturated rings. The molecule has 4 nitrogen and oxygen atoms in total. The molecule has 1 aliphatic rings. The summed E-state index contributed by atoms with van der Waals surface area (Å²) in [5.74, 6) is -0.639. The molecule has 1 heterocycles. The van der Waals surface area contributed by atoms with E-state index in [1.54, 1.807) is 6.07 Å². The van der Waals surface area contributed by atoms with Crippen LogP contribution in [-0.4, -0.2) is 29.7 Å². The standard InChI is InChI=1S/C11H13FN2O2.ClH/c12-7-2-1-3-8(4-7)14-11(16)10-5-9(15)6-13-10;/h1-4,9-10,13,15H,5-6H2,(H,14,16);1H. The Labute approximate surface area is 105 Å². The number of halogens is 2. The van der Waals surface area contributed by atoms with Crippen LogP contribution < -0.4 is 10.6 Å². The van der Waals surface area contributed by atoms with E-state index in [0.29, 0.717) is 18.7 Å². The number of β-amino-alcohol motifs (C(OH)–C–C–N with tert-alkyl or cyclic N) is 1. The molecular weight excluding hydrogens is 247 g/mol. The highest BCUT2D eigenvalue weighted by atomic mass is 35.5. The molecule has 1 aromatic rings. The summed E-state index contributed by atoms with van der Waals surface area (Å²) in [5.41, 5.74) is 0.424. The summed E-state index contributed by atoms with van der Waals surface area (Å²) >= 11 is 0. The molecule has 0 bridgehead atoms. The lowest BCUT2D eigenvalue weighted by atomic mass is 10.2. The second-order valence-electron chi connectivity index (χ2n) is 3.85. The first-order valence-electron chi connectivity index (χ1n) is 5.13. The van der Waals surface area contributed by atoms with Gasteiger partial charge in [0.05, 0.1) is 12.1 Å². The van der Waals surface area contributed by atoms with Gasteiger partial charge in [0.1, 0.15) is 5.82 Å². The lowest BCUT2D eigenvalue weighted by Crippen LogP contribution is -2.35. The van der Waals surface area contributed by atoms with E-state index in [-0.39, 0.29) is 18.3 Å². The molecule has 94 valence electrons. The summed E-state index contributed by atoms with van der Waals surface area (Å²) in [7, 11) is 0. The fourth-order valence-electron chi connectivity index (χ4n) is 1.71. The molecule has 1 saturated heterocycles. The van der Waals surface area contributed by atoms with E-state index in [2.05, 4.69) is 10.6 Å². The number of anilines is 1. The van der Waals surface area contributed by atoms with Crippen LogP contribution in [0.25, 0.3) is 0 Å². The Morgan fingerprint density at radius 3 is 2.88 bits per heavy atom. The number of benzene rings is 1. The smallest absolute Gasteiger partial charge is 0.241 e. The van der Waals surface area contributed by atoms with E-state index in [9.17, 15) is 14.3 Å². The van der Waals surface area contributed by atoms with Crippen molar-refractivity contribution in [2.75, 3.05) is 11.9 Å². The van der Waals surface area contributed by atoms with Crippen molar-refractivity contribution in [3.63, 3.8) is 0 Å². The van der Waals surface area contributed by atoms with E-state index < -0.39 is 18.0 Å². The first kappa shape index (κ1) is 13.9. The van der Waals surface area contributed by atoms with Crippen LogP contribution in [-0.2, 0) is 4.79 Å². The highest BCUT2D eigenvalue weighted by molar-refractivity contribution is 5.95. The minimum absolute atomic E-state index is 0. The molecule has 3 N–H and O–H groups in total. The van der Waals surface area contributed by atoms with Crippen LogP contribution in [0.4, 0.5) is 10.1 Å². The van der Waals surface area contributed by atoms with Crippen molar-refractivity contribution in [2.24, 2.45) is 0 Å². The SMILES string of the molecule is Cl.O=C(Nc1cccc(F)c1)C1CC(O)CN1. The predicted molar refractivity (Wildman–Crippen MR) is 64.7 cm³/mol. The first-order valence-corrected chi connectivity index (χ1v) is 5.13. The largest absolute Gasteiger partial charge is 0.392 e. The number of carbonyl (C=O) groups is 1. The third kappa shape index (κ3) is 3.66. The number of carbonyl (C=O) groups excluding carboxylic acids is 1. The van der Waals surface area contributed by atoms with Gasteiger partial charge in [-0.05, 0) is 24.6 Å². The molecular formula is C11H14ClFN2O2. The van der Waals surface area contributed by atoms with Gasteiger partial charge in [0, 0.05) is 12.2 Å². The summed E-state index contributed by atoms with van der Waals surface area (Å²) in [5, 5.41) is 14.7. The number of nitrogens with one attached hydrogen (secondary N) is 2. The molecule has 1 aromatic carbocycles. The number of aliphatic hydroxyl groups is 1. The summed E-state index contributed by atoms with van der Waals surface area (Å²) in [6.07, 6.45) is -0.0931. The fourth-order valence-corrected chi connectivity index (χ4v) is 1.71. The Morgan fingerprint density at radius 1 is 1.53 bits per heavy atom. The zero-order valence-electron chi connectivity index (χ0n) is 9.02. The van der Waals surface area contributed by atoms with Crippen LogP contribution in [0.5, 0.6) is 0 Å². The summed E-state index contributed by atoms with van der Waals surface area (Å²) in [4.78, 5) is 11.7. The Hall–Kier alpha value is -1.17. The van der Waals surface area contributed by atoms with Gasteiger partial charge in [0.25, 0.3) is 0 Å². The Bertz CT molecular complexity index is 403. The van der Waals surface area contributed by atoms with Gasteiger partial charge in [-0.3, -0.25) is 4.79 Å². The lowest BCUT2D eigenvalue weighted by Gasteiger charge is -2.10. The van der Waals surface area contributed by atoms with Crippen LogP contribution >= 0.6 is 12.4 Å². The highest BCUT2D eigenvalue weighted by Gasteiger charge is 2.27. The van der Waals surface area contributed by atoms with Gasteiger partial charge < -0.3 is 15.7 Å². The molecule has 2 atom stereocenters. The maximum absolute atomic E-state index is 12.8. The molecule has 6 heteroatoms. The summed E-state index contributed by atoms with van der Waals surface area (Å²) < 4.78 is 12.8. The Kier molecular flexibility index (Phi) is 4.86. The third-order valence-corrected chi connectivity index (χ3v) is 2.52.